The van der Waals surface area contributed by atoms with E-state index in [0.29, 0.717) is 23.6 Å². The first kappa shape index (κ1) is 16.6. The Morgan fingerprint density at radius 1 is 1.09 bits per heavy atom. The number of amides is 1. The van der Waals surface area contributed by atoms with Gasteiger partial charge in [0.05, 0.1) is 0 Å². The second-order valence-electron chi connectivity index (χ2n) is 5.22. The van der Waals surface area contributed by atoms with Crippen LogP contribution in [0, 0.1) is 0 Å². The molecule has 0 fully saturated rings. The maximum atomic E-state index is 11.6. The number of carbonyl (C=O) groups is 2. The Hall–Kier alpha value is -2.76. The summed E-state index contributed by atoms with van der Waals surface area (Å²) in [5, 5.41) is 13.8. The Bertz CT molecular complexity index is 683. The lowest BCUT2D eigenvalue weighted by Gasteiger charge is -2.07. The third-order valence-corrected chi connectivity index (χ3v) is 3.23. The lowest BCUT2D eigenvalue weighted by atomic mass is 10.1. The maximum Gasteiger partial charge on any atom is 0.225 e. The molecule has 1 aromatic heterocycles. The van der Waals surface area contributed by atoms with Crippen LogP contribution < -0.4 is 10.6 Å². The third kappa shape index (κ3) is 5.18. The largest absolute Gasteiger partial charge is 0.339 e. The van der Waals surface area contributed by atoms with Crippen molar-refractivity contribution in [3.8, 4) is 0 Å². The molecule has 1 amide bonds. The predicted octanol–water partition coefficient (Wildman–Crippen LogP) is 3.55. The van der Waals surface area contributed by atoms with Gasteiger partial charge in [-0.3, -0.25) is 9.59 Å². The van der Waals surface area contributed by atoms with Gasteiger partial charge in [-0.25, -0.2) is 0 Å². The second-order valence-corrected chi connectivity index (χ2v) is 5.22. The molecule has 120 valence electrons. The summed E-state index contributed by atoms with van der Waals surface area (Å²) >= 11 is 0. The van der Waals surface area contributed by atoms with Gasteiger partial charge in [0.25, 0.3) is 0 Å². The molecule has 0 atom stereocenters. The molecule has 1 heterocycles. The summed E-state index contributed by atoms with van der Waals surface area (Å²) < 4.78 is 0. The first-order valence-electron chi connectivity index (χ1n) is 7.60. The quantitative estimate of drug-likeness (QED) is 0.764. The number of hydrogen-bond donors (Lipinski definition) is 2. The zero-order valence-electron chi connectivity index (χ0n) is 13.3. The summed E-state index contributed by atoms with van der Waals surface area (Å²) in [6, 6.07) is 10.6. The fourth-order valence-electron chi connectivity index (χ4n) is 1.97. The SMILES string of the molecule is CCCCC(=O)Nc1ccc(Nc2cccc(C(C)=O)c2)nn1. The first-order valence-corrected chi connectivity index (χ1v) is 7.60. The molecule has 0 saturated heterocycles. The highest BCUT2D eigenvalue weighted by Crippen LogP contribution is 2.16. The van der Waals surface area contributed by atoms with Gasteiger partial charge in [0.15, 0.2) is 17.4 Å². The molecule has 0 aliphatic heterocycles. The van der Waals surface area contributed by atoms with Crippen molar-refractivity contribution >= 4 is 29.0 Å². The van der Waals surface area contributed by atoms with Gasteiger partial charge in [0, 0.05) is 17.7 Å². The van der Waals surface area contributed by atoms with Crippen LogP contribution in [0.4, 0.5) is 17.3 Å². The normalized spacial score (nSPS) is 10.2. The standard InChI is InChI=1S/C17H20N4O2/c1-3-4-8-17(23)19-16-10-9-15(20-21-16)18-14-7-5-6-13(11-14)12(2)22/h5-7,9-11H,3-4,8H2,1-2H3,(H,18,20)(H,19,21,23). The van der Waals surface area contributed by atoms with Crippen LogP contribution in [0.25, 0.3) is 0 Å². The van der Waals surface area contributed by atoms with Gasteiger partial charge < -0.3 is 10.6 Å². The van der Waals surface area contributed by atoms with Crippen LogP contribution in [0.5, 0.6) is 0 Å². The van der Waals surface area contributed by atoms with Crippen LogP contribution in [0.15, 0.2) is 36.4 Å². The number of ketones is 1. The highest BCUT2D eigenvalue weighted by molar-refractivity contribution is 5.95. The van der Waals surface area contributed by atoms with Crippen LogP contribution in [0.2, 0.25) is 0 Å². The van der Waals surface area contributed by atoms with E-state index in [9.17, 15) is 9.59 Å². The first-order chi connectivity index (χ1) is 11.1. The minimum atomic E-state index is -0.0592. The zero-order valence-corrected chi connectivity index (χ0v) is 13.3. The highest BCUT2D eigenvalue weighted by Gasteiger charge is 2.05. The van der Waals surface area contributed by atoms with E-state index in [-0.39, 0.29) is 11.7 Å². The van der Waals surface area contributed by atoms with E-state index in [1.165, 1.54) is 6.92 Å². The van der Waals surface area contributed by atoms with Crippen molar-refractivity contribution in [2.45, 2.75) is 33.1 Å². The van der Waals surface area contributed by atoms with Crippen molar-refractivity contribution < 1.29 is 9.59 Å². The molecular formula is C17H20N4O2. The molecule has 0 radical (unpaired) electrons. The van der Waals surface area contributed by atoms with Gasteiger partial charge in [-0.2, -0.15) is 0 Å². The lowest BCUT2D eigenvalue weighted by Crippen LogP contribution is -2.12. The van der Waals surface area contributed by atoms with Gasteiger partial charge in [-0.15, -0.1) is 10.2 Å². The van der Waals surface area contributed by atoms with Crippen LogP contribution >= 0.6 is 0 Å². The summed E-state index contributed by atoms with van der Waals surface area (Å²) in [6.45, 7) is 3.56. The average molecular weight is 312 g/mol. The van der Waals surface area contributed by atoms with E-state index in [4.69, 9.17) is 0 Å². The van der Waals surface area contributed by atoms with Gasteiger partial charge in [0.1, 0.15) is 0 Å². The van der Waals surface area contributed by atoms with Crippen LogP contribution in [0.3, 0.4) is 0 Å². The van der Waals surface area contributed by atoms with Gasteiger partial charge >= 0.3 is 0 Å². The summed E-state index contributed by atoms with van der Waals surface area (Å²) in [5.41, 5.74) is 1.38. The molecule has 0 aliphatic carbocycles. The molecule has 0 aliphatic rings. The van der Waals surface area contributed by atoms with Crippen LogP contribution in [-0.2, 0) is 4.79 Å². The Morgan fingerprint density at radius 2 is 1.83 bits per heavy atom. The lowest BCUT2D eigenvalue weighted by molar-refractivity contribution is -0.116. The van der Waals surface area contributed by atoms with Crippen molar-refractivity contribution in [1.29, 1.82) is 0 Å². The minimum Gasteiger partial charge on any atom is -0.339 e. The Kier molecular flexibility index (Phi) is 5.80. The zero-order chi connectivity index (χ0) is 16.7. The number of benzene rings is 1. The van der Waals surface area contributed by atoms with Gasteiger partial charge in [-0.1, -0.05) is 25.5 Å². The molecule has 2 rings (SSSR count). The fraction of sp³-hybridized carbons (Fsp3) is 0.294. The highest BCUT2D eigenvalue weighted by atomic mass is 16.1. The fourth-order valence-corrected chi connectivity index (χ4v) is 1.97. The molecule has 6 heteroatoms. The smallest absolute Gasteiger partial charge is 0.225 e. The maximum absolute atomic E-state index is 11.6. The Balaban J connectivity index is 1.98. The molecule has 0 spiro atoms. The molecule has 1 aromatic carbocycles. The van der Waals surface area contributed by atoms with E-state index in [1.54, 1.807) is 30.3 Å². The van der Waals surface area contributed by atoms with E-state index in [2.05, 4.69) is 20.8 Å². The van der Waals surface area contributed by atoms with Crippen LogP contribution in [-0.4, -0.2) is 21.9 Å². The van der Waals surface area contributed by atoms with Crippen molar-refractivity contribution in [3.63, 3.8) is 0 Å². The number of carbonyl (C=O) groups excluding carboxylic acids is 2. The molecule has 0 saturated carbocycles. The number of unbranched alkanes of at least 4 members (excludes halogenated alkanes) is 1. The Morgan fingerprint density at radius 3 is 2.48 bits per heavy atom. The van der Waals surface area contributed by atoms with Crippen molar-refractivity contribution in [2.24, 2.45) is 0 Å². The summed E-state index contributed by atoms with van der Waals surface area (Å²) in [5.74, 6) is 0.910. The van der Waals surface area contributed by atoms with E-state index in [1.807, 2.05) is 13.0 Å². The van der Waals surface area contributed by atoms with Gasteiger partial charge in [-0.05, 0) is 37.6 Å². The summed E-state index contributed by atoms with van der Waals surface area (Å²) in [6.07, 6.45) is 2.31. The number of hydrogen-bond acceptors (Lipinski definition) is 5. The number of nitrogens with zero attached hydrogens (tertiary/aromatic N) is 2. The number of rotatable bonds is 7. The van der Waals surface area contributed by atoms with E-state index >= 15 is 0 Å². The van der Waals surface area contributed by atoms with Gasteiger partial charge in [0.2, 0.25) is 5.91 Å². The van der Waals surface area contributed by atoms with Crippen molar-refractivity contribution in [3.05, 3.63) is 42.0 Å². The Labute approximate surface area is 135 Å². The van der Waals surface area contributed by atoms with Crippen LogP contribution in [0.1, 0.15) is 43.5 Å². The second kappa shape index (κ2) is 8.03. The molecule has 6 nitrogen and oxygen atoms in total. The number of aromatic nitrogens is 2. The molecule has 0 bridgehead atoms. The topological polar surface area (TPSA) is 84.0 Å². The number of Topliss-reactive ketones (excluding diaryl/α,β-unsaturated/α-hetero) is 1. The van der Waals surface area contributed by atoms with E-state index < -0.39 is 0 Å². The van der Waals surface area contributed by atoms with E-state index in [0.717, 1.165) is 18.5 Å². The molecular weight excluding hydrogens is 292 g/mol. The summed E-state index contributed by atoms with van der Waals surface area (Å²) in [4.78, 5) is 23.0. The number of nitrogens with one attached hydrogen (secondary N) is 2. The third-order valence-electron chi connectivity index (χ3n) is 3.23. The minimum absolute atomic E-state index is 0.00451. The van der Waals surface area contributed by atoms with Crippen molar-refractivity contribution in [1.82, 2.24) is 10.2 Å². The predicted molar refractivity (Wildman–Crippen MR) is 89.9 cm³/mol. The molecule has 2 aromatic rings. The molecule has 0 unspecified atom stereocenters. The van der Waals surface area contributed by atoms with Crippen molar-refractivity contribution in [2.75, 3.05) is 10.6 Å². The molecule has 23 heavy (non-hydrogen) atoms. The molecule has 2 N–H and O–H groups in total. The average Bonchev–Trinajstić information content (AvgIpc) is 2.55. The summed E-state index contributed by atoms with van der Waals surface area (Å²) in [7, 11) is 0. The number of anilines is 3. The monoisotopic (exact) mass is 312 g/mol.